The molecule has 128 valence electrons. The van der Waals surface area contributed by atoms with Crippen LogP contribution < -0.4 is 0 Å². The normalized spacial score (nSPS) is 12.0. The highest BCUT2D eigenvalue weighted by Gasteiger charge is 2.15. The van der Waals surface area contributed by atoms with E-state index >= 15 is 0 Å². The minimum atomic E-state index is -0.316. The van der Waals surface area contributed by atoms with Crippen LogP contribution in [0.25, 0.3) is 0 Å². The van der Waals surface area contributed by atoms with Crippen LogP contribution in [0.2, 0.25) is 0 Å². The number of carbonyl (C=O) groups is 1. The van der Waals surface area contributed by atoms with Gasteiger partial charge >= 0.3 is 5.97 Å². The van der Waals surface area contributed by atoms with E-state index in [1.165, 1.54) is 50.5 Å². The number of hydrogen-bond donors (Lipinski definition) is 0. The molecule has 0 radical (unpaired) electrons. The summed E-state index contributed by atoms with van der Waals surface area (Å²) in [6, 6.07) is 8.28. The van der Waals surface area contributed by atoms with Gasteiger partial charge in [0.05, 0.1) is 0 Å². The first kappa shape index (κ1) is 19.5. The van der Waals surface area contributed by atoms with Gasteiger partial charge in [-0.2, -0.15) is 0 Å². The lowest BCUT2D eigenvalue weighted by Crippen LogP contribution is -2.11. The lowest BCUT2D eigenvalue weighted by molar-refractivity contribution is -0.143. The van der Waals surface area contributed by atoms with Crippen LogP contribution in [-0.4, -0.2) is 5.97 Å². The van der Waals surface area contributed by atoms with E-state index in [-0.39, 0.29) is 12.1 Å². The topological polar surface area (TPSA) is 26.3 Å². The first-order valence-electron chi connectivity index (χ1n) is 9.00. The summed E-state index contributed by atoms with van der Waals surface area (Å²) in [6.07, 6.45) is 10.00. The Labute approximate surface area is 141 Å². The van der Waals surface area contributed by atoms with Crippen LogP contribution in [0.1, 0.15) is 82.9 Å². The van der Waals surface area contributed by atoms with Crippen molar-refractivity contribution in [2.45, 2.75) is 78.2 Å². The van der Waals surface area contributed by atoms with E-state index in [0.717, 1.165) is 12.0 Å². The highest BCUT2D eigenvalue weighted by molar-refractivity contribution is 5.87. The largest absolute Gasteiger partial charge is 0.454 e. The molecular weight excluding hydrogens is 284 g/mol. The van der Waals surface area contributed by atoms with Crippen molar-refractivity contribution in [2.75, 3.05) is 0 Å². The van der Waals surface area contributed by atoms with Crippen LogP contribution in [0.3, 0.4) is 0 Å². The number of hydrogen-bond acceptors (Lipinski definition) is 2. The fourth-order valence-corrected chi connectivity index (χ4v) is 2.76. The Kier molecular flexibility index (Phi) is 9.35. The third-order valence-corrected chi connectivity index (χ3v) is 4.18. The highest BCUT2D eigenvalue weighted by Crippen LogP contribution is 2.24. The molecule has 0 saturated heterocycles. The second kappa shape index (κ2) is 11.0. The molecule has 2 nitrogen and oxygen atoms in total. The standard InChI is InChI=1S/C21H32O2/c1-5-6-7-8-9-10-11-14-19-15-12-13-16-20(19)18(4)23-21(22)17(2)3/h12-13,15-16,18H,2,5-11,14H2,1,3-4H3. The first-order valence-corrected chi connectivity index (χ1v) is 9.00. The summed E-state index contributed by atoms with van der Waals surface area (Å²) in [5, 5.41) is 0. The maximum atomic E-state index is 11.7. The molecule has 0 N–H and O–H groups in total. The number of carbonyl (C=O) groups excluding carboxylic acids is 1. The number of esters is 1. The molecule has 23 heavy (non-hydrogen) atoms. The number of ether oxygens (including phenoxy) is 1. The van der Waals surface area contributed by atoms with Crippen molar-refractivity contribution in [1.29, 1.82) is 0 Å². The van der Waals surface area contributed by atoms with Crippen LogP contribution in [0, 0.1) is 0 Å². The van der Waals surface area contributed by atoms with Crippen molar-refractivity contribution in [3.8, 4) is 0 Å². The van der Waals surface area contributed by atoms with Crippen molar-refractivity contribution in [3.63, 3.8) is 0 Å². The fraction of sp³-hybridized carbons (Fsp3) is 0.571. The average Bonchev–Trinajstić information content (AvgIpc) is 2.54. The van der Waals surface area contributed by atoms with Gasteiger partial charge in [0.1, 0.15) is 6.10 Å². The summed E-state index contributed by atoms with van der Waals surface area (Å²) in [5.74, 6) is -0.316. The third-order valence-electron chi connectivity index (χ3n) is 4.18. The quantitative estimate of drug-likeness (QED) is 0.277. The Hall–Kier alpha value is -1.57. The maximum Gasteiger partial charge on any atom is 0.333 e. The molecule has 0 aliphatic rings. The summed E-state index contributed by atoms with van der Waals surface area (Å²) in [7, 11) is 0. The van der Waals surface area contributed by atoms with E-state index in [1.807, 2.05) is 13.0 Å². The smallest absolute Gasteiger partial charge is 0.333 e. The van der Waals surface area contributed by atoms with Gasteiger partial charge in [0, 0.05) is 5.57 Å². The summed E-state index contributed by atoms with van der Waals surface area (Å²) in [6.45, 7) is 9.50. The average molecular weight is 316 g/mol. The third kappa shape index (κ3) is 7.49. The highest BCUT2D eigenvalue weighted by atomic mass is 16.5. The number of benzene rings is 1. The molecule has 0 fully saturated rings. The Bertz CT molecular complexity index is 490. The Morgan fingerprint density at radius 3 is 2.35 bits per heavy atom. The number of rotatable bonds is 11. The maximum absolute atomic E-state index is 11.7. The lowest BCUT2D eigenvalue weighted by atomic mass is 9.97. The number of unbranched alkanes of at least 4 members (excludes halogenated alkanes) is 6. The van der Waals surface area contributed by atoms with Crippen LogP contribution >= 0.6 is 0 Å². The van der Waals surface area contributed by atoms with Gasteiger partial charge in [-0.05, 0) is 37.8 Å². The van der Waals surface area contributed by atoms with Crippen molar-refractivity contribution in [1.82, 2.24) is 0 Å². The van der Waals surface area contributed by atoms with Crippen LogP contribution in [0.15, 0.2) is 36.4 Å². The predicted molar refractivity (Wildman–Crippen MR) is 97.5 cm³/mol. The molecule has 0 aromatic heterocycles. The van der Waals surface area contributed by atoms with Gasteiger partial charge in [0.2, 0.25) is 0 Å². The Morgan fingerprint density at radius 2 is 1.70 bits per heavy atom. The minimum absolute atomic E-state index is 0.222. The number of aryl methyl sites for hydroxylation is 1. The zero-order chi connectivity index (χ0) is 17.1. The second-order valence-electron chi connectivity index (χ2n) is 6.40. The van der Waals surface area contributed by atoms with Gasteiger partial charge in [-0.1, -0.05) is 76.3 Å². The summed E-state index contributed by atoms with van der Waals surface area (Å²) in [4.78, 5) is 11.7. The van der Waals surface area contributed by atoms with Crippen molar-refractivity contribution in [3.05, 3.63) is 47.5 Å². The monoisotopic (exact) mass is 316 g/mol. The predicted octanol–water partition coefficient (Wildman–Crippen LogP) is 6.16. The molecule has 0 aliphatic carbocycles. The van der Waals surface area contributed by atoms with Crippen LogP contribution in [-0.2, 0) is 16.0 Å². The van der Waals surface area contributed by atoms with Gasteiger partial charge in [-0.25, -0.2) is 4.79 Å². The zero-order valence-corrected chi connectivity index (χ0v) is 15.1. The Balaban J connectivity index is 2.47. The first-order chi connectivity index (χ1) is 11.1. The Morgan fingerprint density at radius 1 is 1.09 bits per heavy atom. The SMILES string of the molecule is C=C(C)C(=O)OC(C)c1ccccc1CCCCCCCCC. The van der Waals surface area contributed by atoms with Crippen molar-refractivity contribution in [2.24, 2.45) is 0 Å². The van der Waals surface area contributed by atoms with E-state index in [1.54, 1.807) is 6.92 Å². The van der Waals surface area contributed by atoms with E-state index in [0.29, 0.717) is 5.57 Å². The molecule has 1 aromatic carbocycles. The van der Waals surface area contributed by atoms with Crippen molar-refractivity contribution < 1.29 is 9.53 Å². The molecule has 0 spiro atoms. The van der Waals surface area contributed by atoms with Gasteiger partial charge in [0.15, 0.2) is 0 Å². The summed E-state index contributed by atoms with van der Waals surface area (Å²) in [5.41, 5.74) is 2.86. The van der Waals surface area contributed by atoms with E-state index < -0.39 is 0 Å². The molecular formula is C21H32O2. The summed E-state index contributed by atoms with van der Waals surface area (Å²) >= 11 is 0. The van der Waals surface area contributed by atoms with Crippen LogP contribution in [0.5, 0.6) is 0 Å². The van der Waals surface area contributed by atoms with E-state index in [9.17, 15) is 4.79 Å². The molecule has 0 saturated carbocycles. The zero-order valence-electron chi connectivity index (χ0n) is 15.1. The van der Waals surface area contributed by atoms with Gasteiger partial charge in [-0.15, -0.1) is 0 Å². The van der Waals surface area contributed by atoms with Gasteiger partial charge < -0.3 is 4.74 Å². The lowest BCUT2D eigenvalue weighted by Gasteiger charge is -2.17. The van der Waals surface area contributed by atoms with Gasteiger partial charge in [0.25, 0.3) is 0 Å². The molecule has 1 atom stereocenters. The van der Waals surface area contributed by atoms with E-state index in [2.05, 4.69) is 31.7 Å². The van der Waals surface area contributed by atoms with Crippen molar-refractivity contribution >= 4 is 5.97 Å². The molecule has 2 heteroatoms. The molecule has 1 unspecified atom stereocenters. The van der Waals surface area contributed by atoms with E-state index in [4.69, 9.17) is 4.74 Å². The molecule has 0 bridgehead atoms. The second-order valence-corrected chi connectivity index (χ2v) is 6.40. The van der Waals surface area contributed by atoms with Gasteiger partial charge in [-0.3, -0.25) is 0 Å². The molecule has 0 aliphatic heterocycles. The fourth-order valence-electron chi connectivity index (χ4n) is 2.76. The molecule has 1 aromatic rings. The minimum Gasteiger partial charge on any atom is -0.454 e. The summed E-state index contributed by atoms with van der Waals surface area (Å²) < 4.78 is 5.47. The molecule has 0 heterocycles. The molecule has 1 rings (SSSR count). The van der Waals surface area contributed by atoms with Crippen LogP contribution in [0.4, 0.5) is 0 Å². The molecule has 0 amide bonds.